The van der Waals surface area contributed by atoms with Crippen molar-refractivity contribution >= 4 is 6.08 Å². The van der Waals surface area contributed by atoms with Gasteiger partial charge in [-0.25, -0.2) is 4.98 Å². The van der Waals surface area contributed by atoms with Crippen molar-refractivity contribution in [2.75, 3.05) is 0 Å². The third kappa shape index (κ3) is 1.68. The number of pyridine rings is 1. The van der Waals surface area contributed by atoms with Crippen LogP contribution in [0.3, 0.4) is 0 Å². The Hall–Kier alpha value is -1.11. The van der Waals surface area contributed by atoms with Crippen LogP contribution in [-0.4, -0.2) is 4.98 Å². The first-order valence-electron chi connectivity index (χ1n) is 2.89. The van der Waals surface area contributed by atoms with Crippen molar-refractivity contribution in [1.82, 2.24) is 4.98 Å². The highest BCUT2D eigenvalue weighted by Crippen LogP contribution is 1.93. The summed E-state index contributed by atoms with van der Waals surface area (Å²) in [6.45, 7) is 1.97. The van der Waals surface area contributed by atoms with Crippen molar-refractivity contribution in [3.63, 3.8) is 0 Å². The van der Waals surface area contributed by atoms with Crippen LogP contribution < -0.4 is 0 Å². The van der Waals surface area contributed by atoms with E-state index in [-0.39, 0.29) is 0 Å². The van der Waals surface area contributed by atoms with Crippen LogP contribution in [0.2, 0.25) is 0 Å². The zero-order valence-electron chi connectivity index (χ0n) is 5.33. The molecule has 1 aromatic rings. The van der Waals surface area contributed by atoms with Gasteiger partial charge < -0.3 is 0 Å². The molecule has 0 spiro atoms. The van der Waals surface area contributed by atoms with Crippen molar-refractivity contribution in [3.8, 4) is 0 Å². The van der Waals surface area contributed by atoms with Crippen molar-refractivity contribution in [2.24, 2.45) is 0 Å². The Balaban J connectivity index is 2.85. The largest absolute Gasteiger partial charge is 0.247 e. The lowest BCUT2D eigenvalue weighted by atomic mass is 10.3. The van der Waals surface area contributed by atoms with Crippen molar-refractivity contribution in [3.05, 3.63) is 36.2 Å². The molecule has 0 saturated heterocycles. The van der Waals surface area contributed by atoms with Gasteiger partial charge in [-0.1, -0.05) is 12.1 Å². The van der Waals surface area contributed by atoms with E-state index >= 15 is 0 Å². The first-order valence-corrected chi connectivity index (χ1v) is 2.89. The van der Waals surface area contributed by atoms with Gasteiger partial charge in [0.25, 0.3) is 0 Å². The fourth-order valence-electron chi connectivity index (χ4n) is 0.602. The molecular formula is C8H8N. The van der Waals surface area contributed by atoms with Crippen LogP contribution in [0.5, 0.6) is 0 Å². The predicted molar refractivity (Wildman–Crippen MR) is 37.8 cm³/mol. The van der Waals surface area contributed by atoms with Gasteiger partial charge in [-0.2, -0.15) is 0 Å². The number of rotatable bonds is 1. The van der Waals surface area contributed by atoms with E-state index in [4.69, 9.17) is 0 Å². The quantitative estimate of drug-likeness (QED) is 0.549. The molecular weight excluding hydrogens is 110 g/mol. The summed E-state index contributed by atoms with van der Waals surface area (Å²) in [5.74, 6) is 0. The first kappa shape index (κ1) is 6.02. The number of allylic oxidation sites excluding steroid dienone is 1. The van der Waals surface area contributed by atoms with Crippen molar-refractivity contribution in [2.45, 2.75) is 6.92 Å². The standard InChI is InChI=1S/C8H8N/c1-2-5-8-6-3-4-7-9-8/h2-6H,1H3. The van der Waals surface area contributed by atoms with Gasteiger partial charge in [-0.15, -0.1) is 0 Å². The minimum atomic E-state index is 0.958. The average molecular weight is 118 g/mol. The smallest absolute Gasteiger partial charge is 0.0893 e. The van der Waals surface area contributed by atoms with Crippen molar-refractivity contribution < 1.29 is 0 Å². The van der Waals surface area contributed by atoms with Gasteiger partial charge in [-0.3, -0.25) is 0 Å². The SMILES string of the molecule is CC=Cc1ccc[c]n1. The molecule has 0 saturated carbocycles. The molecule has 45 valence electrons. The highest BCUT2D eigenvalue weighted by Gasteiger charge is 1.79. The molecule has 0 aliphatic heterocycles. The molecule has 0 fully saturated rings. The molecule has 1 nitrogen and oxygen atoms in total. The van der Waals surface area contributed by atoms with E-state index in [9.17, 15) is 0 Å². The van der Waals surface area contributed by atoms with E-state index in [1.165, 1.54) is 0 Å². The third-order valence-corrected chi connectivity index (χ3v) is 0.969. The Morgan fingerprint density at radius 2 is 2.56 bits per heavy atom. The number of hydrogen-bond donors (Lipinski definition) is 0. The maximum Gasteiger partial charge on any atom is 0.0893 e. The lowest BCUT2D eigenvalue weighted by Gasteiger charge is -1.85. The van der Waals surface area contributed by atoms with Crippen LogP contribution in [0.1, 0.15) is 12.6 Å². The number of hydrogen-bond acceptors (Lipinski definition) is 1. The molecule has 1 aromatic heterocycles. The monoisotopic (exact) mass is 118 g/mol. The summed E-state index contributed by atoms with van der Waals surface area (Å²) in [5, 5.41) is 0. The maximum atomic E-state index is 3.96. The van der Waals surface area contributed by atoms with Crippen LogP contribution in [0.25, 0.3) is 6.08 Å². The van der Waals surface area contributed by atoms with Gasteiger partial charge >= 0.3 is 0 Å². The summed E-state index contributed by atoms with van der Waals surface area (Å²) in [5.41, 5.74) is 0.958. The molecule has 0 aliphatic carbocycles. The summed E-state index contributed by atoms with van der Waals surface area (Å²) in [6, 6.07) is 5.64. The topological polar surface area (TPSA) is 12.9 Å². The zero-order valence-corrected chi connectivity index (χ0v) is 5.33. The summed E-state index contributed by atoms with van der Waals surface area (Å²) in [6.07, 6.45) is 6.64. The van der Waals surface area contributed by atoms with Gasteiger partial charge in [0, 0.05) is 0 Å². The molecule has 0 aromatic carbocycles. The van der Waals surface area contributed by atoms with E-state index in [1.807, 2.05) is 31.2 Å². The van der Waals surface area contributed by atoms with E-state index in [1.54, 1.807) is 6.07 Å². The molecule has 0 amide bonds. The van der Waals surface area contributed by atoms with Gasteiger partial charge in [0.15, 0.2) is 0 Å². The van der Waals surface area contributed by atoms with Gasteiger partial charge in [0.05, 0.1) is 11.9 Å². The molecule has 1 heterocycles. The summed E-state index contributed by atoms with van der Waals surface area (Å²) in [4.78, 5) is 3.96. The Morgan fingerprint density at radius 1 is 1.67 bits per heavy atom. The normalized spacial score (nSPS) is 10.3. The summed E-state index contributed by atoms with van der Waals surface area (Å²) >= 11 is 0. The van der Waals surface area contributed by atoms with Gasteiger partial charge in [0.1, 0.15) is 0 Å². The van der Waals surface area contributed by atoms with Crippen LogP contribution in [-0.2, 0) is 0 Å². The van der Waals surface area contributed by atoms with E-state index in [0.717, 1.165) is 5.69 Å². The molecule has 1 rings (SSSR count). The lowest BCUT2D eigenvalue weighted by molar-refractivity contribution is 1.28. The summed E-state index contributed by atoms with van der Waals surface area (Å²) in [7, 11) is 0. The van der Waals surface area contributed by atoms with E-state index < -0.39 is 0 Å². The average Bonchev–Trinajstić information content (AvgIpc) is 1.91. The summed E-state index contributed by atoms with van der Waals surface area (Å²) < 4.78 is 0. The Kier molecular flexibility index (Phi) is 2.02. The Morgan fingerprint density at radius 3 is 3.11 bits per heavy atom. The van der Waals surface area contributed by atoms with Crippen molar-refractivity contribution in [1.29, 1.82) is 0 Å². The van der Waals surface area contributed by atoms with Crippen LogP contribution >= 0.6 is 0 Å². The molecule has 0 N–H and O–H groups in total. The van der Waals surface area contributed by atoms with Crippen LogP contribution in [0, 0.1) is 6.20 Å². The number of nitrogens with zero attached hydrogens (tertiary/aromatic N) is 1. The fourth-order valence-corrected chi connectivity index (χ4v) is 0.602. The van der Waals surface area contributed by atoms with Crippen LogP contribution in [0.4, 0.5) is 0 Å². The van der Waals surface area contributed by atoms with Gasteiger partial charge in [0.2, 0.25) is 0 Å². The Bertz CT molecular complexity index is 189. The second kappa shape index (κ2) is 3.02. The molecule has 1 radical (unpaired) electrons. The first-order chi connectivity index (χ1) is 4.43. The highest BCUT2D eigenvalue weighted by molar-refractivity contribution is 5.42. The minimum absolute atomic E-state index is 0.958. The predicted octanol–water partition coefficient (Wildman–Crippen LogP) is 1.91. The second-order valence-electron chi connectivity index (χ2n) is 1.69. The van der Waals surface area contributed by atoms with E-state index in [0.29, 0.717) is 0 Å². The minimum Gasteiger partial charge on any atom is -0.247 e. The van der Waals surface area contributed by atoms with Crippen LogP contribution in [0.15, 0.2) is 24.3 Å². The highest BCUT2D eigenvalue weighted by atomic mass is 14.6. The zero-order chi connectivity index (χ0) is 6.53. The molecule has 0 atom stereocenters. The molecule has 0 unspecified atom stereocenters. The lowest BCUT2D eigenvalue weighted by Crippen LogP contribution is -1.75. The molecule has 1 heteroatoms. The fraction of sp³-hybridized carbons (Fsp3) is 0.125. The maximum absolute atomic E-state index is 3.96. The Labute approximate surface area is 55.1 Å². The van der Waals surface area contributed by atoms with Gasteiger partial charge in [-0.05, 0) is 25.1 Å². The molecule has 0 aliphatic rings. The third-order valence-electron chi connectivity index (χ3n) is 0.969. The molecule has 0 bridgehead atoms. The number of aromatic nitrogens is 1. The molecule has 9 heavy (non-hydrogen) atoms. The van der Waals surface area contributed by atoms with E-state index in [2.05, 4.69) is 11.2 Å². The second-order valence-corrected chi connectivity index (χ2v) is 1.69.